The summed E-state index contributed by atoms with van der Waals surface area (Å²) in [7, 11) is 1.56. The minimum Gasteiger partial charge on any atom is -0.495 e. The second-order valence-electron chi connectivity index (χ2n) is 3.77. The normalized spacial score (nSPS) is 10.1. The van der Waals surface area contributed by atoms with Gasteiger partial charge in [0, 0.05) is 6.42 Å². The van der Waals surface area contributed by atoms with E-state index in [1.165, 1.54) is 0 Å². The molecule has 0 saturated carbocycles. The fraction of sp³-hybridized carbons (Fsp3) is 0.214. The van der Waals surface area contributed by atoms with E-state index in [9.17, 15) is 4.79 Å². The molecule has 0 aliphatic rings. The van der Waals surface area contributed by atoms with Gasteiger partial charge in [-0.2, -0.15) is 0 Å². The highest BCUT2D eigenvalue weighted by molar-refractivity contribution is 6.03. The second kappa shape index (κ2) is 5.40. The number of carbonyl (C=O) groups is 1. The number of anilines is 1. The topological polar surface area (TPSA) is 51.5 Å². The lowest BCUT2D eigenvalue weighted by Gasteiger charge is -2.08. The first-order chi connectivity index (χ1) is 8.74. The Morgan fingerprint density at radius 2 is 2.06 bits per heavy atom. The van der Waals surface area contributed by atoms with Gasteiger partial charge >= 0.3 is 0 Å². The number of nitrogens with one attached hydrogen (secondary N) is 1. The van der Waals surface area contributed by atoms with E-state index < -0.39 is 0 Å². The average molecular weight is 245 g/mol. The summed E-state index contributed by atoms with van der Waals surface area (Å²) in [6.07, 6.45) is 0.766. The summed E-state index contributed by atoms with van der Waals surface area (Å²) < 4.78 is 10.6. The summed E-state index contributed by atoms with van der Waals surface area (Å²) in [6, 6.07) is 10.7. The highest BCUT2D eigenvalue weighted by atomic mass is 16.5. The van der Waals surface area contributed by atoms with Gasteiger partial charge < -0.3 is 14.5 Å². The number of furan rings is 1. The van der Waals surface area contributed by atoms with Gasteiger partial charge in [0.05, 0.1) is 12.8 Å². The third-order valence-electron chi connectivity index (χ3n) is 2.59. The summed E-state index contributed by atoms with van der Waals surface area (Å²) in [4.78, 5) is 12.0. The van der Waals surface area contributed by atoms with Gasteiger partial charge in [0.2, 0.25) is 0 Å². The highest BCUT2D eigenvalue weighted by Crippen LogP contribution is 2.23. The van der Waals surface area contributed by atoms with Crippen molar-refractivity contribution in [2.75, 3.05) is 12.4 Å². The standard InChI is InChI=1S/C14H15NO3/c1-3-10-8-9-13(18-10)14(16)15-11-6-4-5-7-12(11)17-2/h4-9H,3H2,1-2H3,(H,15,16). The Balaban J connectivity index is 2.16. The quantitative estimate of drug-likeness (QED) is 0.900. The van der Waals surface area contributed by atoms with Crippen LogP contribution in [0, 0.1) is 0 Å². The van der Waals surface area contributed by atoms with Gasteiger partial charge in [-0.15, -0.1) is 0 Å². The molecule has 0 saturated heterocycles. The molecule has 1 aromatic carbocycles. The van der Waals surface area contributed by atoms with E-state index in [0.29, 0.717) is 17.2 Å². The second-order valence-corrected chi connectivity index (χ2v) is 3.77. The predicted molar refractivity (Wildman–Crippen MR) is 69.0 cm³/mol. The Morgan fingerprint density at radius 3 is 2.72 bits per heavy atom. The lowest BCUT2D eigenvalue weighted by atomic mass is 10.3. The predicted octanol–water partition coefficient (Wildman–Crippen LogP) is 3.10. The van der Waals surface area contributed by atoms with Gasteiger partial charge in [0.15, 0.2) is 5.76 Å². The number of hydrogen-bond acceptors (Lipinski definition) is 3. The van der Waals surface area contributed by atoms with Crippen LogP contribution in [0.1, 0.15) is 23.2 Å². The van der Waals surface area contributed by atoms with Crippen LogP contribution in [0.4, 0.5) is 5.69 Å². The summed E-state index contributed by atoms with van der Waals surface area (Å²) in [5, 5.41) is 2.76. The third kappa shape index (κ3) is 2.53. The molecule has 4 heteroatoms. The Morgan fingerprint density at radius 1 is 1.28 bits per heavy atom. The van der Waals surface area contributed by atoms with Crippen molar-refractivity contribution in [1.29, 1.82) is 0 Å². The van der Waals surface area contributed by atoms with Crippen molar-refractivity contribution >= 4 is 11.6 Å². The van der Waals surface area contributed by atoms with Crippen LogP contribution < -0.4 is 10.1 Å². The lowest BCUT2D eigenvalue weighted by Crippen LogP contribution is -2.11. The van der Waals surface area contributed by atoms with Crippen molar-refractivity contribution in [3.05, 3.63) is 47.9 Å². The molecule has 1 aromatic heterocycles. The van der Waals surface area contributed by atoms with Crippen LogP contribution in [0.5, 0.6) is 5.75 Å². The van der Waals surface area contributed by atoms with Gasteiger partial charge in [0.1, 0.15) is 11.5 Å². The van der Waals surface area contributed by atoms with Gasteiger partial charge in [-0.3, -0.25) is 4.79 Å². The Bertz CT molecular complexity index is 545. The molecule has 2 rings (SSSR count). The number of benzene rings is 1. The van der Waals surface area contributed by atoms with E-state index in [2.05, 4.69) is 5.32 Å². The third-order valence-corrected chi connectivity index (χ3v) is 2.59. The highest BCUT2D eigenvalue weighted by Gasteiger charge is 2.12. The molecule has 0 bridgehead atoms. The molecule has 0 aliphatic heterocycles. The van der Waals surface area contributed by atoms with Gasteiger partial charge in [-0.25, -0.2) is 0 Å². The van der Waals surface area contributed by atoms with Crippen LogP contribution >= 0.6 is 0 Å². The molecule has 1 N–H and O–H groups in total. The molecule has 0 radical (unpaired) electrons. The van der Waals surface area contributed by atoms with Gasteiger partial charge in [-0.1, -0.05) is 19.1 Å². The minimum absolute atomic E-state index is 0.279. The molecule has 0 spiro atoms. The maximum absolute atomic E-state index is 12.0. The van der Waals surface area contributed by atoms with Crippen LogP contribution in [0.3, 0.4) is 0 Å². The van der Waals surface area contributed by atoms with Crippen molar-refractivity contribution in [3.63, 3.8) is 0 Å². The van der Waals surface area contributed by atoms with Crippen LogP contribution in [-0.4, -0.2) is 13.0 Å². The van der Waals surface area contributed by atoms with E-state index in [1.807, 2.05) is 19.1 Å². The zero-order valence-corrected chi connectivity index (χ0v) is 10.4. The Kier molecular flexibility index (Phi) is 3.67. The summed E-state index contributed by atoms with van der Waals surface area (Å²) in [5.74, 6) is 1.44. The molecule has 2 aromatic rings. The number of rotatable bonds is 4. The molecule has 0 aliphatic carbocycles. The van der Waals surface area contributed by atoms with Crippen molar-refractivity contribution < 1.29 is 13.9 Å². The minimum atomic E-state index is -0.279. The van der Waals surface area contributed by atoms with E-state index in [0.717, 1.165) is 12.2 Å². The van der Waals surface area contributed by atoms with Gasteiger partial charge in [-0.05, 0) is 24.3 Å². The number of carbonyl (C=O) groups excluding carboxylic acids is 1. The fourth-order valence-electron chi connectivity index (χ4n) is 1.62. The van der Waals surface area contributed by atoms with Crippen LogP contribution in [0.15, 0.2) is 40.8 Å². The molecular weight excluding hydrogens is 230 g/mol. The monoisotopic (exact) mass is 245 g/mol. The molecule has 94 valence electrons. The van der Waals surface area contributed by atoms with Crippen LogP contribution in [0.2, 0.25) is 0 Å². The molecule has 4 nitrogen and oxygen atoms in total. The number of methoxy groups -OCH3 is 1. The number of aryl methyl sites for hydroxylation is 1. The molecule has 1 amide bonds. The van der Waals surface area contributed by atoms with E-state index >= 15 is 0 Å². The van der Waals surface area contributed by atoms with E-state index in [4.69, 9.17) is 9.15 Å². The van der Waals surface area contributed by atoms with Crippen LogP contribution in [-0.2, 0) is 6.42 Å². The summed E-state index contributed by atoms with van der Waals surface area (Å²) in [6.45, 7) is 1.97. The zero-order valence-electron chi connectivity index (χ0n) is 10.4. The zero-order chi connectivity index (χ0) is 13.0. The maximum atomic E-state index is 12.0. The SMILES string of the molecule is CCc1ccc(C(=O)Nc2ccccc2OC)o1. The van der Waals surface area contributed by atoms with Crippen molar-refractivity contribution in [1.82, 2.24) is 0 Å². The lowest BCUT2D eigenvalue weighted by molar-refractivity contribution is 0.0994. The molecule has 0 atom stereocenters. The first-order valence-electron chi connectivity index (χ1n) is 5.77. The first kappa shape index (κ1) is 12.2. The van der Waals surface area contributed by atoms with Crippen molar-refractivity contribution in [2.24, 2.45) is 0 Å². The van der Waals surface area contributed by atoms with Crippen molar-refractivity contribution in [3.8, 4) is 5.75 Å². The number of amides is 1. The molecule has 0 unspecified atom stereocenters. The summed E-state index contributed by atoms with van der Waals surface area (Å²) in [5.41, 5.74) is 0.624. The smallest absolute Gasteiger partial charge is 0.291 e. The first-order valence-corrected chi connectivity index (χ1v) is 5.77. The Hall–Kier alpha value is -2.23. The number of ether oxygens (including phenoxy) is 1. The maximum Gasteiger partial charge on any atom is 0.291 e. The van der Waals surface area contributed by atoms with E-state index in [1.54, 1.807) is 31.4 Å². The molecule has 0 fully saturated rings. The van der Waals surface area contributed by atoms with Gasteiger partial charge in [0.25, 0.3) is 5.91 Å². The number of para-hydroxylation sites is 2. The van der Waals surface area contributed by atoms with Crippen molar-refractivity contribution in [2.45, 2.75) is 13.3 Å². The molecule has 1 heterocycles. The molecular formula is C14H15NO3. The van der Waals surface area contributed by atoms with Crippen LogP contribution in [0.25, 0.3) is 0 Å². The molecule has 18 heavy (non-hydrogen) atoms. The fourth-order valence-corrected chi connectivity index (χ4v) is 1.62. The van der Waals surface area contributed by atoms with E-state index in [-0.39, 0.29) is 5.91 Å². The Labute approximate surface area is 106 Å². The average Bonchev–Trinajstić information content (AvgIpc) is 2.88. The number of hydrogen-bond donors (Lipinski definition) is 1. The largest absolute Gasteiger partial charge is 0.495 e. The summed E-state index contributed by atoms with van der Waals surface area (Å²) >= 11 is 0.